The van der Waals surface area contributed by atoms with Gasteiger partial charge in [-0.1, -0.05) is 46.9 Å². The van der Waals surface area contributed by atoms with Gasteiger partial charge in [0.2, 0.25) is 5.78 Å². The zero-order valence-corrected chi connectivity index (χ0v) is 17.0. The molecule has 0 amide bonds. The second-order valence-corrected chi connectivity index (χ2v) is 7.54. The van der Waals surface area contributed by atoms with E-state index in [0.29, 0.717) is 38.2 Å². The number of carbonyl (C=O) groups is 1. The minimum absolute atomic E-state index is 0.148. The van der Waals surface area contributed by atoms with Crippen LogP contribution in [0.1, 0.15) is 21.5 Å². The predicted molar refractivity (Wildman–Crippen MR) is 112 cm³/mol. The molecule has 1 aliphatic rings. The molecular weight excluding hydrogens is 438 g/mol. The van der Waals surface area contributed by atoms with Crippen LogP contribution in [0.3, 0.4) is 0 Å². The number of hydrogen-bond donors (Lipinski definition) is 0. The number of halogens is 4. The lowest BCUT2D eigenvalue weighted by molar-refractivity contribution is 0.101. The molecule has 146 valence electrons. The van der Waals surface area contributed by atoms with Gasteiger partial charge in [-0.15, -0.1) is 0 Å². The van der Waals surface area contributed by atoms with Crippen molar-refractivity contribution in [3.63, 3.8) is 0 Å². The van der Waals surface area contributed by atoms with Gasteiger partial charge >= 0.3 is 0 Å². The van der Waals surface area contributed by atoms with Gasteiger partial charge in [-0.25, -0.2) is 4.39 Å². The molecule has 0 N–H and O–H groups in total. The monoisotopic (exact) mass is 448 g/mol. The Bertz CT molecular complexity index is 1160. The Balaban J connectivity index is 1.53. The predicted octanol–water partition coefficient (Wildman–Crippen LogP) is 6.98. The fourth-order valence-corrected chi connectivity index (χ4v) is 3.50. The molecule has 0 saturated heterocycles. The summed E-state index contributed by atoms with van der Waals surface area (Å²) in [5.41, 5.74) is 1.69. The number of carbonyl (C=O) groups excluding carboxylic acids is 1. The van der Waals surface area contributed by atoms with E-state index >= 15 is 0 Å². The first-order valence-corrected chi connectivity index (χ1v) is 9.64. The third kappa shape index (κ3) is 4.25. The second-order valence-electron chi connectivity index (χ2n) is 6.29. The van der Waals surface area contributed by atoms with Gasteiger partial charge < -0.3 is 9.47 Å². The molecule has 1 aliphatic heterocycles. The second kappa shape index (κ2) is 8.07. The summed E-state index contributed by atoms with van der Waals surface area (Å²) in [5.74, 6) is 0.363. The molecule has 4 rings (SSSR count). The molecule has 0 radical (unpaired) electrons. The standard InChI is InChI=1S/C22H12Cl3FO3/c23-14-3-1-12(18(24)8-14)7-21-22(27)17-6-5-16(10-20(17)29-21)28-11-13-2-4-15(26)9-19(13)25/h1-10H,11H2. The first-order valence-electron chi connectivity index (χ1n) is 8.51. The van der Waals surface area contributed by atoms with E-state index in [0.717, 1.165) is 0 Å². The van der Waals surface area contributed by atoms with Gasteiger partial charge in [0.1, 0.15) is 23.9 Å². The minimum Gasteiger partial charge on any atom is -0.489 e. The SMILES string of the molecule is O=C1C(=Cc2ccc(Cl)cc2Cl)Oc2cc(OCc3ccc(F)cc3Cl)ccc21. The van der Waals surface area contributed by atoms with Gasteiger partial charge in [0, 0.05) is 21.7 Å². The number of benzene rings is 3. The van der Waals surface area contributed by atoms with Crippen molar-refractivity contribution in [2.75, 3.05) is 0 Å². The number of ketones is 1. The van der Waals surface area contributed by atoms with Crippen LogP contribution in [-0.2, 0) is 6.61 Å². The number of ether oxygens (including phenoxy) is 2. The maximum atomic E-state index is 13.1. The van der Waals surface area contributed by atoms with Crippen molar-refractivity contribution < 1.29 is 18.7 Å². The molecule has 7 heteroatoms. The molecule has 0 spiro atoms. The first kappa shape index (κ1) is 19.8. The van der Waals surface area contributed by atoms with Crippen LogP contribution < -0.4 is 9.47 Å². The molecule has 3 aromatic rings. The normalized spacial score (nSPS) is 14.1. The lowest BCUT2D eigenvalue weighted by Crippen LogP contribution is -1.98. The topological polar surface area (TPSA) is 35.5 Å². The zero-order valence-electron chi connectivity index (χ0n) is 14.7. The summed E-state index contributed by atoms with van der Waals surface area (Å²) < 4.78 is 24.6. The van der Waals surface area contributed by atoms with Crippen molar-refractivity contribution in [3.8, 4) is 11.5 Å². The number of rotatable bonds is 4. The molecule has 0 unspecified atom stereocenters. The van der Waals surface area contributed by atoms with E-state index in [1.807, 2.05) is 0 Å². The fourth-order valence-electron chi connectivity index (χ4n) is 2.82. The van der Waals surface area contributed by atoms with E-state index in [1.54, 1.807) is 48.5 Å². The van der Waals surface area contributed by atoms with Crippen LogP contribution in [0.4, 0.5) is 4.39 Å². The largest absolute Gasteiger partial charge is 0.489 e. The summed E-state index contributed by atoms with van der Waals surface area (Å²) in [6.07, 6.45) is 1.57. The Kier molecular flexibility index (Phi) is 5.50. The third-order valence-electron chi connectivity index (χ3n) is 4.30. The van der Waals surface area contributed by atoms with Crippen LogP contribution in [0.2, 0.25) is 15.1 Å². The molecule has 0 saturated carbocycles. The summed E-state index contributed by atoms with van der Waals surface area (Å²) >= 11 is 18.1. The molecule has 0 aliphatic carbocycles. The Morgan fingerprint density at radius 2 is 1.79 bits per heavy atom. The highest BCUT2D eigenvalue weighted by Crippen LogP contribution is 2.36. The van der Waals surface area contributed by atoms with Crippen molar-refractivity contribution in [1.29, 1.82) is 0 Å². The molecule has 3 aromatic carbocycles. The Morgan fingerprint density at radius 3 is 2.55 bits per heavy atom. The van der Waals surface area contributed by atoms with Crippen LogP contribution in [0.15, 0.2) is 60.4 Å². The first-order chi connectivity index (χ1) is 13.9. The maximum absolute atomic E-state index is 13.1. The van der Waals surface area contributed by atoms with Crippen LogP contribution in [-0.4, -0.2) is 5.78 Å². The minimum atomic E-state index is -0.414. The summed E-state index contributed by atoms with van der Waals surface area (Å²) in [6, 6.07) is 14.0. The fraction of sp³-hybridized carbons (Fsp3) is 0.0455. The van der Waals surface area contributed by atoms with Gasteiger partial charge in [0.25, 0.3) is 0 Å². The smallest absolute Gasteiger partial charge is 0.231 e. The molecule has 0 aromatic heterocycles. The van der Waals surface area contributed by atoms with E-state index in [1.165, 1.54) is 12.1 Å². The lowest BCUT2D eigenvalue weighted by Gasteiger charge is -2.08. The number of hydrogen-bond acceptors (Lipinski definition) is 3. The highest BCUT2D eigenvalue weighted by Gasteiger charge is 2.28. The quantitative estimate of drug-likeness (QED) is 0.403. The van der Waals surface area contributed by atoms with Gasteiger partial charge in [0.15, 0.2) is 5.76 Å². The summed E-state index contributed by atoms with van der Waals surface area (Å²) in [7, 11) is 0. The van der Waals surface area contributed by atoms with Gasteiger partial charge in [-0.05, 0) is 48.0 Å². The van der Waals surface area contributed by atoms with E-state index < -0.39 is 5.82 Å². The van der Waals surface area contributed by atoms with Crippen molar-refractivity contribution in [3.05, 3.63) is 97.9 Å². The van der Waals surface area contributed by atoms with Crippen molar-refractivity contribution >= 4 is 46.7 Å². The molecule has 29 heavy (non-hydrogen) atoms. The van der Waals surface area contributed by atoms with Crippen LogP contribution in [0.5, 0.6) is 11.5 Å². The van der Waals surface area contributed by atoms with Gasteiger partial charge in [-0.3, -0.25) is 4.79 Å². The van der Waals surface area contributed by atoms with E-state index in [9.17, 15) is 9.18 Å². The van der Waals surface area contributed by atoms with Crippen LogP contribution in [0.25, 0.3) is 6.08 Å². The number of Topliss-reactive ketones (excluding diaryl/α,β-unsaturated/α-hetero) is 1. The summed E-state index contributed by atoms with van der Waals surface area (Å²) in [5, 5.41) is 1.20. The average Bonchev–Trinajstić information content (AvgIpc) is 2.98. The highest BCUT2D eigenvalue weighted by atomic mass is 35.5. The molecular formula is C22H12Cl3FO3. The lowest BCUT2D eigenvalue weighted by atomic mass is 10.1. The maximum Gasteiger partial charge on any atom is 0.231 e. The number of allylic oxidation sites excluding steroid dienone is 1. The van der Waals surface area contributed by atoms with Gasteiger partial charge in [0.05, 0.1) is 10.6 Å². The molecule has 1 heterocycles. The average molecular weight is 450 g/mol. The zero-order chi connectivity index (χ0) is 20.5. The summed E-state index contributed by atoms with van der Waals surface area (Å²) in [6.45, 7) is 0.148. The van der Waals surface area contributed by atoms with Gasteiger partial charge in [-0.2, -0.15) is 0 Å². The van der Waals surface area contributed by atoms with Crippen molar-refractivity contribution in [2.45, 2.75) is 6.61 Å². The van der Waals surface area contributed by atoms with Crippen molar-refractivity contribution in [1.82, 2.24) is 0 Å². The third-order valence-corrected chi connectivity index (χ3v) is 5.21. The molecule has 0 fully saturated rings. The van der Waals surface area contributed by atoms with Crippen molar-refractivity contribution in [2.24, 2.45) is 0 Å². The van der Waals surface area contributed by atoms with E-state index in [-0.39, 0.29) is 23.2 Å². The summed E-state index contributed by atoms with van der Waals surface area (Å²) in [4.78, 5) is 12.6. The Hall–Kier alpha value is -2.53. The molecule has 3 nitrogen and oxygen atoms in total. The highest BCUT2D eigenvalue weighted by molar-refractivity contribution is 6.35. The van der Waals surface area contributed by atoms with Crippen LogP contribution in [0, 0.1) is 5.82 Å². The van der Waals surface area contributed by atoms with E-state index in [2.05, 4.69) is 0 Å². The number of fused-ring (bicyclic) bond motifs is 1. The Morgan fingerprint density at radius 1 is 0.966 bits per heavy atom. The molecule has 0 bridgehead atoms. The Labute approximate surface area is 181 Å². The van der Waals surface area contributed by atoms with Crippen LogP contribution >= 0.6 is 34.8 Å². The van der Waals surface area contributed by atoms with E-state index in [4.69, 9.17) is 44.3 Å². The molecule has 0 atom stereocenters.